The first kappa shape index (κ1) is 8.31. The molecule has 50 valence electrons. The van der Waals surface area contributed by atoms with Crippen molar-refractivity contribution in [3.05, 3.63) is 0 Å². The maximum absolute atomic E-state index is 8.55. The van der Waals surface area contributed by atoms with Gasteiger partial charge >= 0.3 is 0 Å². The third-order valence-electron chi connectivity index (χ3n) is 1.06. The summed E-state index contributed by atoms with van der Waals surface area (Å²) in [5.41, 5.74) is 0. The van der Waals surface area contributed by atoms with Crippen LogP contribution in [0.4, 0.5) is 0 Å². The standard InChI is InChI=1S/C6H14OS/c1-5(4-7)3-6(2)8/h5-8H,3-4H2,1-2H3. The van der Waals surface area contributed by atoms with E-state index in [2.05, 4.69) is 12.6 Å². The van der Waals surface area contributed by atoms with Crippen LogP contribution in [0.2, 0.25) is 0 Å². The first-order valence-electron chi connectivity index (χ1n) is 2.95. The first-order chi connectivity index (χ1) is 3.66. The molecule has 0 saturated carbocycles. The topological polar surface area (TPSA) is 20.2 Å². The Morgan fingerprint density at radius 3 is 2.12 bits per heavy atom. The van der Waals surface area contributed by atoms with Crippen molar-refractivity contribution in [2.75, 3.05) is 6.61 Å². The summed E-state index contributed by atoms with van der Waals surface area (Å²) < 4.78 is 0. The zero-order valence-electron chi connectivity index (χ0n) is 5.46. The summed E-state index contributed by atoms with van der Waals surface area (Å²) in [6.45, 7) is 4.34. The molecule has 2 heteroatoms. The van der Waals surface area contributed by atoms with Gasteiger partial charge in [-0.1, -0.05) is 13.8 Å². The van der Waals surface area contributed by atoms with Gasteiger partial charge in [0, 0.05) is 6.61 Å². The Labute approximate surface area is 56.5 Å². The average Bonchev–Trinajstić information content (AvgIpc) is 1.65. The zero-order valence-corrected chi connectivity index (χ0v) is 6.36. The third kappa shape index (κ3) is 4.47. The van der Waals surface area contributed by atoms with E-state index in [1.807, 2.05) is 13.8 Å². The van der Waals surface area contributed by atoms with Gasteiger partial charge < -0.3 is 5.11 Å². The summed E-state index contributed by atoms with van der Waals surface area (Å²) in [5, 5.41) is 8.96. The smallest absolute Gasteiger partial charge is 0.0457 e. The monoisotopic (exact) mass is 134 g/mol. The van der Waals surface area contributed by atoms with Gasteiger partial charge in [-0.05, 0) is 17.6 Å². The van der Waals surface area contributed by atoms with Crippen LogP contribution in [0.15, 0.2) is 0 Å². The molecule has 0 aromatic heterocycles. The van der Waals surface area contributed by atoms with Gasteiger partial charge in [-0.15, -0.1) is 0 Å². The van der Waals surface area contributed by atoms with E-state index in [-0.39, 0.29) is 6.61 Å². The summed E-state index contributed by atoms with van der Waals surface area (Å²) >= 11 is 4.18. The van der Waals surface area contributed by atoms with E-state index in [4.69, 9.17) is 5.11 Å². The molecular formula is C6H14OS. The lowest BCUT2D eigenvalue weighted by atomic mass is 10.1. The van der Waals surface area contributed by atoms with Gasteiger partial charge in [-0.25, -0.2) is 0 Å². The van der Waals surface area contributed by atoms with Crippen LogP contribution >= 0.6 is 12.6 Å². The molecule has 0 bridgehead atoms. The van der Waals surface area contributed by atoms with E-state index < -0.39 is 0 Å². The predicted molar refractivity (Wildman–Crippen MR) is 39.3 cm³/mol. The summed E-state index contributed by atoms with van der Waals surface area (Å²) in [6, 6.07) is 0. The second-order valence-corrected chi connectivity index (χ2v) is 3.25. The number of aliphatic hydroxyl groups is 1. The molecule has 1 N–H and O–H groups in total. The Morgan fingerprint density at radius 2 is 2.00 bits per heavy atom. The molecule has 0 saturated heterocycles. The van der Waals surface area contributed by atoms with Crippen LogP contribution < -0.4 is 0 Å². The molecule has 2 unspecified atom stereocenters. The van der Waals surface area contributed by atoms with Crippen LogP contribution in [-0.2, 0) is 0 Å². The number of thiol groups is 1. The Kier molecular flexibility index (Phi) is 4.38. The minimum Gasteiger partial charge on any atom is -0.396 e. The van der Waals surface area contributed by atoms with Crippen molar-refractivity contribution in [3.8, 4) is 0 Å². The molecule has 0 heterocycles. The Hall–Kier alpha value is 0.310. The van der Waals surface area contributed by atoms with Gasteiger partial charge in [-0.2, -0.15) is 12.6 Å². The van der Waals surface area contributed by atoms with E-state index >= 15 is 0 Å². The SMILES string of the molecule is CC(S)CC(C)CO. The Bertz CT molecular complexity index is 54.5. The van der Waals surface area contributed by atoms with Gasteiger partial charge in [-0.3, -0.25) is 0 Å². The molecule has 8 heavy (non-hydrogen) atoms. The van der Waals surface area contributed by atoms with Crippen molar-refractivity contribution in [1.82, 2.24) is 0 Å². The minimum absolute atomic E-state index is 0.283. The first-order valence-corrected chi connectivity index (χ1v) is 3.47. The lowest BCUT2D eigenvalue weighted by Gasteiger charge is -2.08. The van der Waals surface area contributed by atoms with Crippen LogP contribution in [0.3, 0.4) is 0 Å². The van der Waals surface area contributed by atoms with E-state index in [9.17, 15) is 0 Å². The molecule has 0 fully saturated rings. The quantitative estimate of drug-likeness (QED) is 0.558. The third-order valence-corrected chi connectivity index (χ3v) is 1.27. The van der Waals surface area contributed by atoms with Crippen LogP contribution in [0, 0.1) is 5.92 Å². The second-order valence-electron chi connectivity index (χ2n) is 2.37. The lowest BCUT2D eigenvalue weighted by Crippen LogP contribution is -2.05. The van der Waals surface area contributed by atoms with Gasteiger partial charge in [0.1, 0.15) is 0 Å². The van der Waals surface area contributed by atoms with Crippen LogP contribution in [0.5, 0.6) is 0 Å². The van der Waals surface area contributed by atoms with Crippen molar-refractivity contribution in [1.29, 1.82) is 0 Å². The lowest BCUT2D eigenvalue weighted by molar-refractivity contribution is 0.231. The number of hydrogen-bond donors (Lipinski definition) is 2. The van der Waals surface area contributed by atoms with Gasteiger partial charge in [0.05, 0.1) is 0 Å². The predicted octanol–water partition coefficient (Wildman–Crippen LogP) is 1.32. The normalized spacial score (nSPS) is 18.0. The summed E-state index contributed by atoms with van der Waals surface area (Å²) in [4.78, 5) is 0. The number of rotatable bonds is 3. The molecule has 0 aliphatic heterocycles. The van der Waals surface area contributed by atoms with Crippen molar-refractivity contribution in [2.24, 2.45) is 5.92 Å². The molecule has 0 aliphatic rings. The summed E-state index contributed by atoms with van der Waals surface area (Å²) in [7, 11) is 0. The average molecular weight is 134 g/mol. The highest BCUT2D eigenvalue weighted by molar-refractivity contribution is 7.80. The van der Waals surface area contributed by atoms with Crippen LogP contribution in [-0.4, -0.2) is 17.0 Å². The Balaban J connectivity index is 3.10. The maximum atomic E-state index is 8.55. The van der Waals surface area contributed by atoms with E-state index in [1.165, 1.54) is 0 Å². The largest absolute Gasteiger partial charge is 0.396 e. The van der Waals surface area contributed by atoms with E-state index in [0.29, 0.717) is 11.2 Å². The highest BCUT2D eigenvalue weighted by Gasteiger charge is 2.01. The zero-order chi connectivity index (χ0) is 6.57. The van der Waals surface area contributed by atoms with Gasteiger partial charge in [0.25, 0.3) is 0 Å². The van der Waals surface area contributed by atoms with Crippen LogP contribution in [0.25, 0.3) is 0 Å². The molecule has 0 radical (unpaired) electrons. The van der Waals surface area contributed by atoms with Gasteiger partial charge in [0.15, 0.2) is 0 Å². The van der Waals surface area contributed by atoms with Crippen molar-refractivity contribution in [2.45, 2.75) is 25.5 Å². The highest BCUT2D eigenvalue weighted by atomic mass is 32.1. The van der Waals surface area contributed by atoms with E-state index in [1.54, 1.807) is 0 Å². The molecular weight excluding hydrogens is 120 g/mol. The highest BCUT2D eigenvalue weighted by Crippen LogP contribution is 2.08. The Morgan fingerprint density at radius 1 is 1.50 bits per heavy atom. The van der Waals surface area contributed by atoms with Crippen molar-refractivity contribution >= 4 is 12.6 Å². The molecule has 0 amide bonds. The van der Waals surface area contributed by atoms with Crippen LogP contribution in [0.1, 0.15) is 20.3 Å². The minimum atomic E-state index is 0.283. The van der Waals surface area contributed by atoms with E-state index in [0.717, 1.165) is 6.42 Å². The molecule has 0 aromatic carbocycles. The molecule has 0 spiro atoms. The number of hydrogen-bond acceptors (Lipinski definition) is 2. The molecule has 0 rings (SSSR count). The van der Waals surface area contributed by atoms with Gasteiger partial charge in [0.2, 0.25) is 0 Å². The van der Waals surface area contributed by atoms with Crippen molar-refractivity contribution < 1.29 is 5.11 Å². The summed E-state index contributed by atoms with van der Waals surface area (Å²) in [5.74, 6) is 0.405. The maximum Gasteiger partial charge on any atom is 0.0457 e. The second kappa shape index (κ2) is 4.21. The fraction of sp³-hybridized carbons (Fsp3) is 1.00. The molecule has 1 nitrogen and oxygen atoms in total. The number of aliphatic hydroxyl groups excluding tert-OH is 1. The summed E-state index contributed by atoms with van der Waals surface area (Å²) in [6.07, 6.45) is 1.000. The molecule has 0 aliphatic carbocycles. The van der Waals surface area contributed by atoms with Crippen molar-refractivity contribution in [3.63, 3.8) is 0 Å². The molecule has 0 aromatic rings. The molecule has 2 atom stereocenters. The fourth-order valence-corrected chi connectivity index (χ4v) is 1.02. The fourth-order valence-electron chi connectivity index (χ4n) is 0.657.